The van der Waals surface area contributed by atoms with Gasteiger partial charge in [0.2, 0.25) is 10.0 Å². The Kier molecular flexibility index (Phi) is 4.65. The van der Waals surface area contributed by atoms with Gasteiger partial charge in [0.1, 0.15) is 4.90 Å². The van der Waals surface area contributed by atoms with Gasteiger partial charge in [0.15, 0.2) is 0 Å². The quantitative estimate of drug-likeness (QED) is 0.863. The van der Waals surface area contributed by atoms with Crippen molar-refractivity contribution in [2.75, 3.05) is 19.3 Å². The van der Waals surface area contributed by atoms with Crippen LogP contribution in [0.15, 0.2) is 53.4 Å². The van der Waals surface area contributed by atoms with Crippen LogP contribution >= 0.6 is 0 Å². The Labute approximate surface area is 126 Å². The van der Waals surface area contributed by atoms with Crippen LogP contribution in [-0.2, 0) is 16.4 Å². The fourth-order valence-electron chi connectivity index (χ4n) is 2.23. The highest BCUT2D eigenvalue weighted by Crippen LogP contribution is 2.25. The topological polar surface area (TPSA) is 63.4 Å². The molecule has 0 aliphatic rings. The number of sulfonamides is 1. The zero-order valence-electron chi connectivity index (χ0n) is 12.3. The highest BCUT2D eigenvalue weighted by Gasteiger charge is 2.24. The second kappa shape index (κ2) is 6.28. The molecule has 0 spiro atoms. The van der Waals surface area contributed by atoms with Crippen LogP contribution < -0.4 is 5.73 Å². The fraction of sp³-hybridized carbons (Fsp3) is 0.250. The molecule has 4 nitrogen and oxygen atoms in total. The standard InChI is InChI=1S/C16H20N2O2S/c1-13-7-6-10-15(17)16(13)21(19,20)18(2)12-11-14-8-4-3-5-9-14/h3-10H,11-12,17H2,1-2H3. The molecule has 5 heteroatoms. The lowest BCUT2D eigenvalue weighted by molar-refractivity contribution is 0.472. The molecule has 2 aromatic rings. The average molecular weight is 304 g/mol. The molecule has 0 fully saturated rings. The first-order chi connectivity index (χ1) is 9.93. The maximum Gasteiger partial charge on any atom is 0.245 e. The van der Waals surface area contributed by atoms with E-state index in [2.05, 4.69) is 0 Å². The van der Waals surface area contributed by atoms with Gasteiger partial charge in [0.25, 0.3) is 0 Å². The molecule has 0 atom stereocenters. The van der Waals surface area contributed by atoms with Crippen molar-refractivity contribution < 1.29 is 8.42 Å². The fourth-order valence-corrected chi connectivity index (χ4v) is 3.72. The van der Waals surface area contributed by atoms with Crippen LogP contribution in [0.25, 0.3) is 0 Å². The molecule has 0 heterocycles. The third-order valence-corrected chi connectivity index (χ3v) is 5.55. The Morgan fingerprint density at radius 3 is 2.33 bits per heavy atom. The van der Waals surface area contributed by atoms with Gasteiger partial charge in [-0.05, 0) is 30.5 Å². The number of nitrogens with two attached hydrogens (primary N) is 1. The van der Waals surface area contributed by atoms with Crippen molar-refractivity contribution in [2.24, 2.45) is 0 Å². The largest absolute Gasteiger partial charge is 0.398 e. The molecule has 2 rings (SSSR count). The number of hydrogen-bond donors (Lipinski definition) is 1. The minimum atomic E-state index is -3.56. The summed E-state index contributed by atoms with van der Waals surface area (Å²) in [5.74, 6) is 0. The lowest BCUT2D eigenvalue weighted by atomic mass is 10.2. The van der Waals surface area contributed by atoms with E-state index in [1.165, 1.54) is 4.31 Å². The van der Waals surface area contributed by atoms with Crippen molar-refractivity contribution in [3.63, 3.8) is 0 Å². The Hall–Kier alpha value is -1.85. The molecule has 0 radical (unpaired) electrons. The molecular formula is C16H20N2O2S. The molecule has 112 valence electrons. The Balaban J connectivity index is 2.19. The van der Waals surface area contributed by atoms with E-state index in [9.17, 15) is 8.42 Å². The van der Waals surface area contributed by atoms with Gasteiger partial charge in [-0.25, -0.2) is 12.7 Å². The van der Waals surface area contributed by atoms with Gasteiger partial charge in [-0.3, -0.25) is 0 Å². The molecule has 0 aliphatic heterocycles. The van der Waals surface area contributed by atoms with Gasteiger partial charge < -0.3 is 5.73 Å². The highest BCUT2D eigenvalue weighted by atomic mass is 32.2. The van der Waals surface area contributed by atoms with Crippen LogP contribution in [0, 0.1) is 6.92 Å². The van der Waals surface area contributed by atoms with E-state index in [1.54, 1.807) is 32.2 Å². The summed E-state index contributed by atoms with van der Waals surface area (Å²) < 4.78 is 26.6. The van der Waals surface area contributed by atoms with Crippen molar-refractivity contribution >= 4 is 15.7 Å². The normalized spacial score (nSPS) is 11.8. The number of hydrogen-bond acceptors (Lipinski definition) is 3. The average Bonchev–Trinajstić information content (AvgIpc) is 2.45. The minimum absolute atomic E-state index is 0.209. The first-order valence-corrected chi connectivity index (χ1v) is 8.22. The summed E-state index contributed by atoms with van der Waals surface area (Å²) in [6, 6.07) is 14.9. The smallest absolute Gasteiger partial charge is 0.245 e. The van der Waals surface area contributed by atoms with Gasteiger partial charge in [-0.2, -0.15) is 0 Å². The molecule has 21 heavy (non-hydrogen) atoms. The number of rotatable bonds is 5. The van der Waals surface area contributed by atoms with E-state index < -0.39 is 10.0 Å². The summed E-state index contributed by atoms with van der Waals surface area (Å²) >= 11 is 0. The lowest BCUT2D eigenvalue weighted by Gasteiger charge is -2.19. The summed E-state index contributed by atoms with van der Waals surface area (Å²) in [7, 11) is -1.97. The highest BCUT2D eigenvalue weighted by molar-refractivity contribution is 7.89. The lowest BCUT2D eigenvalue weighted by Crippen LogP contribution is -2.30. The van der Waals surface area contributed by atoms with Crippen molar-refractivity contribution in [1.82, 2.24) is 4.31 Å². The van der Waals surface area contributed by atoms with Crippen LogP contribution in [0.5, 0.6) is 0 Å². The SMILES string of the molecule is Cc1cccc(N)c1S(=O)(=O)N(C)CCc1ccccc1. The number of aryl methyl sites for hydroxylation is 1. The molecule has 0 bridgehead atoms. The summed E-state index contributed by atoms with van der Waals surface area (Å²) in [6.45, 7) is 2.17. The Bertz CT molecular complexity index is 692. The predicted molar refractivity (Wildman–Crippen MR) is 85.6 cm³/mol. The van der Waals surface area contributed by atoms with Crippen molar-refractivity contribution in [3.8, 4) is 0 Å². The van der Waals surface area contributed by atoms with Gasteiger partial charge in [0.05, 0.1) is 5.69 Å². The molecular weight excluding hydrogens is 284 g/mol. The van der Waals surface area contributed by atoms with E-state index in [-0.39, 0.29) is 4.90 Å². The van der Waals surface area contributed by atoms with Gasteiger partial charge in [-0.15, -0.1) is 0 Å². The first-order valence-electron chi connectivity index (χ1n) is 6.78. The predicted octanol–water partition coefficient (Wildman–Crippen LogP) is 2.44. The van der Waals surface area contributed by atoms with Gasteiger partial charge >= 0.3 is 0 Å². The molecule has 0 amide bonds. The van der Waals surface area contributed by atoms with Gasteiger partial charge in [-0.1, -0.05) is 42.5 Å². The van der Waals surface area contributed by atoms with E-state index in [1.807, 2.05) is 30.3 Å². The number of nitrogen functional groups attached to an aromatic ring is 1. The molecule has 0 aromatic heterocycles. The zero-order chi connectivity index (χ0) is 15.5. The zero-order valence-corrected chi connectivity index (χ0v) is 13.1. The summed E-state index contributed by atoms with van der Waals surface area (Å²) in [4.78, 5) is 0.209. The van der Waals surface area contributed by atoms with Crippen LogP contribution in [0.3, 0.4) is 0 Å². The van der Waals surface area contributed by atoms with Crippen LogP contribution in [-0.4, -0.2) is 26.3 Å². The van der Waals surface area contributed by atoms with Crippen LogP contribution in [0.1, 0.15) is 11.1 Å². The third kappa shape index (κ3) is 3.43. The van der Waals surface area contributed by atoms with Crippen LogP contribution in [0.4, 0.5) is 5.69 Å². The molecule has 0 saturated heterocycles. The monoisotopic (exact) mass is 304 g/mol. The van der Waals surface area contributed by atoms with Crippen molar-refractivity contribution in [2.45, 2.75) is 18.2 Å². The van der Waals surface area contributed by atoms with Crippen LogP contribution in [0.2, 0.25) is 0 Å². The van der Waals surface area contributed by atoms with Gasteiger partial charge in [0, 0.05) is 13.6 Å². The maximum atomic E-state index is 12.6. The van der Waals surface area contributed by atoms with E-state index in [0.717, 1.165) is 5.56 Å². The minimum Gasteiger partial charge on any atom is -0.398 e. The third-order valence-electron chi connectivity index (χ3n) is 3.47. The Morgan fingerprint density at radius 2 is 1.71 bits per heavy atom. The first kappa shape index (κ1) is 15.5. The van der Waals surface area contributed by atoms with E-state index in [0.29, 0.717) is 24.2 Å². The van der Waals surface area contributed by atoms with Crippen molar-refractivity contribution in [1.29, 1.82) is 0 Å². The number of benzene rings is 2. The number of nitrogens with zero attached hydrogens (tertiary/aromatic N) is 1. The molecule has 0 saturated carbocycles. The maximum absolute atomic E-state index is 12.6. The molecule has 0 aliphatic carbocycles. The summed E-state index contributed by atoms with van der Waals surface area (Å²) in [5, 5.41) is 0. The summed E-state index contributed by atoms with van der Waals surface area (Å²) in [6.07, 6.45) is 0.669. The van der Waals surface area contributed by atoms with Crippen molar-refractivity contribution in [3.05, 3.63) is 59.7 Å². The van der Waals surface area contributed by atoms with E-state index in [4.69, 9.17) is 5.73 Å². The molecule has 2 N–H and O–H groups in total. The Morgan fingerprint density at radius 1 is 1.05 bits per heavy atom. The second-order valence-electron chi connectivity index (χ2n) is 5.06. The molecule has 0 unspecified atom stereocenters. The number of likely N-dealkylation sites (N-methyl/N-ethyl adjacent to an activating group) is 1. The second-order valence-corrected chi connectivity index (χ2v) is 7.04. The summed E-state index contributed by atoms with van der Waals surface area (Å²) in [5.41, 5.74) is 7.92. The van der Waals surface area contributed by atoms with E-state index >= 15 is 0 Å². The number of anilines is 1. The molecule has 2 aromatic carbocycles.